The average molecular weight is 208 g/mol. The van der Waals surface area contributed by atoms with Gasteiger partial charge in [0, 0.05) is 25.0 Å². The van der Waals surface area contributed by atoms with E-state index in [4.69, 9.17) is 0 Å². The maximum atomic E-state index is 9.29. The molecule has 0 bridgehead atoms. The van der Waals surface area contributed by atoms with Crippen molar-refractivity contribution in [3.63, 3.8) is 0 Å². The number of aromatic nitrogens is 1. The SMILES string of the molecule is CC(C)[C@@H](CO)N(C)Cc1cccnc1. The van der Waals surface area contributed by atoms with Crippen LogP contribution in [0.25, 0.3) is 0 Å². The highest BCUT2D eigenvalue weighted by atomic mass is 16.3. The van der Waals surface area contributed by atoms with Crippen molar-refractivity contribution in [2.45, 2.75) is 26.4 Å². The lowest BCUT2D eigenvalue weighted by Crippen LogP contribution is -2.38. The third-order valence-electron chi connectivity index (χ3n) is 2.68. The molecule has 3 nitrogen and oxygen atoms in total. The topological polar surface area (TPSA) is 36.4 Å². The molecular formula is C12H20N2O. The summed E-state index contributed by atoms with van der Waals surface area (Å²) >= 11 is 0. The van der Waals surface area contributed by atoms with Gasteiger partial charge in [-0.05, 0) is 24.6 Å². The van der Waals surface area contributed by atoms with Crippen LogP contribution in [-0.4, -0.2) is 34.7 Å². The highest BCUT2D eigenvalue weighted by molar-refractivity contribution is 5.08. The van der Waals surface area contributed by atoms with Crippen LogP contribution in [0.2, 0.25) is 0 Å². The van der Waals surface area contributed by atoms with Gasteiger partial charge < -0.3 is 5.11 Å². The number of likely N-dealkylation sites (N-methyl/N-ethyl adjacent to an activating group) is 1. The van der Waals surface area contributed by atoms with Gasteiger partial charge in [-0.1, -0.05) is 19.9 Å². The van der Waals surface area contributed by atoms with E-state index in [1.807, 2.05) is 19.3 Å². The first-order valence-corrected chi connectivity index (χ1v) is 5.35. The molecule has 1 atom stereocenters. The lowest BCUT2D eigenvalue weighted by atomic mass is 10.0. The zero-order valence-corrected chi connectivity index (χ0v) is 9.72. The fourth-order valence-corrected chi connectivity index (χ4v) is 1.76. The Morgan fingerprint density at radius 2 is 2.20 bits per heavy atom. The highest BCUT2D eigenvalue weighted by Gasteiger charge is 2.17. The molecule has 0 aliphatic carbocycles. The van der Waals surface area contributed by atoms with Crippen LogP contribution in [0.3, 0.4) is 0 Å². The molecule has 3 heteroatoms. The number of rotatable bonds is 5. The van der Waals surface area contributed by atoms with E-state index in [9.17, 15) is 5.11 Å². The molecule has 0 aliphatic heterocycles. The van der Waals surface area contributed by atoms with E-state index in [2.05, 4.69) is 29.8 Å². The van der Waals surface area contributed by atoms with Gasteiger partial charge in [-0.2, -0.15) is 0 Å². The fourth-order valence-electron chi connectivity index (χ4n) is 1.76. The zero-order valence-electron chi connectivity index (χ0n) is 9.72. The number of nitrogens with zero attached hydrogens (tertiary/aromatic N) is 2. The van der Waals surface area contributed by atoms with Crippen LogP contribution < -0.4 is 0 Å². The Hall–Kier alpha value is -0.930. The molecule has 1 aromatic heterocycles. The third-order valence-corrected chi connectivity index (χ3v) is 2.68. The molecule has 0 fully saturated rings. The highest BCUT2D eigenvalue weighted by Crippen LogP contribution is 2.11. The minimum absolute atomic E-state index is 0.203. The summed E-state index contributed by atoms with van der Waals surface area (Å²) in [7, 11) is 2.04. The maximum Gasteiger partial charge on any atom is 0.0589 e. The second-order valence-corrected chi connectivity index (χ2v) is 4.27. The zero-order chi connectivity index (χ0) is 11.3. The number of aliphatic hydroxyl groups is 1. The Morgan fingerprint density at radius 3 is 2.67 bits per heavy atom. The summed E-state index contributed by atoms with van der Waals surface area (Å²) in [6.07, 6.45) is 3.64. The Kier molecular flexibility index (Phi) is 4.72. The van der Waals surface area contributed by atoms with Crippen molar-refractivity contribution < 1.29 is 5.11 Å². The first kappa shape index (κ1) is 12.1. The van der Waals surface area contributed by atoms with Gasteiger partial charge in [0.15, 0.2) is 0 Å². The van der Waals surface area contributed by atoms with E-state index in [1.165, 1.54) is 5.56 Å². The molecule has 1 heterocycles. The second-order valence-electron chi connectivity index (χ2n) is 4.27. The van der Waals surface area contributed by atoms with Gasteiger partial charge in [0.1, 0.15) is 0 Å². The summed E-state index contributed by atoms with van der Waals surface area (Å²) in [5, 5.41) is 9.29. The van der Waals surface area contributed by atoms with Crippen LogP contribution in [0, 0.1) is 5.92 Å². The molecule has 0 amide bonds. The first-order chi connectivity index (χ1) is 7.15. The molecular weight excluding hydrogens is 188 g/mol. The van der Waals surface area contributed by atoms with Gasteiger partial charge in [-0.15, -0.1) is 0 Å². The average Bonchev–Trinajstić information content (AvgIpc) is 2.19. The molecule has 84 valence electrons. The fraction of sp³-hybridized carbons (Fsp3) is 0.583. The maximum absolute atomic E-state index is 9.29. The minimum Gasteiger partial charge on any atom is -0.395 e. The molecule has 1 N–H and O–H groups in total. The molecule has 0 aromatic carbocycles. The summed E-state index contributed by atoms with van der Waals surface area (Å²) in [4.78, 5) is 6.25. The number of aliphatic hydroxyl groups excluding tert-OH is 1. The van der Waals surface area contributed by atoms with Crippen LogP contribution in [0.4, 0.5) is 0 Å². The van der Waals surface area contributed by atoms with E-state index < -0.39 is 0 Å². The first-order valence-electron chi connectivity index (χ1n) is 5.35. The molecule has 0 saturated heterocycles. The van der Waals surface area contributed by atoms with Gasteiger partial charge >= 0.3 is 0 Å². The third kappa shape index (κ3) is 3.61. The molecule has 0 spiro atoms. The predicted molar refractivity (Wildman–Crippen MR) is 61.4 cm³/mol. The van der Waals surface area contributed by atoms with Gasteiger partial charge in [0.2, 0.25) is 0 Å². The summed E-state index contributed by atoms with van der Waals surface area (Å²) < 4.78 is 0. The van der Waals surface area contributed by atoms with Crippen LogP contribution in [0.15, 0.2) is 24.5 Å². The standard InChI is InChI=1S/C12H20N2O/c1-10(2)12(9-15)14(3)8-11-5-4-6-13-7-11/h4-7,10,12,15H,8-9H2,1-3H3/t12-/m1/s1. The Balaban J connectivity index is 2.58. The normalized spacial score (nSPS) is 13.5. The van der Waals surface area contributed by atoms with Crippen molar-refractivity contribution in [1.82, 2.24) is 9.88 Å². The summed E-state index contributed by atoms with van der Waals surface area (Å²) in [6, 6.07) is 4.20. The Labute approximate surface area is 91.8 Å². The van der Waals surface area contributed by atoms with Crippen LogP contribution in [0.1, 0.15) is 19.4 Å². The smallest absolute Gasteiger partial charge is 0.0589 e. The van der Waals surface area contributed by atoms with Crippen molar-refractivity contribution in [3.05, 3.63) is 30.1 Å². The molecule has 1 aromatic rings. The second kappa shape index (κ2) is 5.83. The van der Waals surface area contributed by atoms with E-state index in [-0.39, 0.29) is 12.6 Å². The van der Waals surface area contributed by atoms with E-state index >= 15 is 0 Å². The van der Waals surface area contributed by atoms with Crippen molar-refractivity contribution >= 4 is 0 Å². The van der Waals surface area contributed by atoms with Crippen molar-refractivity contribution in [2.75, 3.05) is 13.7 Å². The lowest BCUT2D eigenvalue weighted by Gasteiger charge is -2.29. The minimum atomic E-state index is 0.203. The van der Waals surface area contributed by atoms with Gasteiger partial charge in [-0.25, -0.2) is 0 Å². The number of hydrogen-bond donors (Lipinski definition) is 1. The molecule has 0 aliphatic rings. The van der Waals surface area contributed by atoms with E-state index in [0.29, 0.717) is 5.92 Å². The number of hydrogen-bond acceptors (Lipinski definition) is 3. The summed E-state index contributed by atoms with van der Waals surface area (Å²) in [5.74, 6) is 0.455. The van der Waals surface area contributed by atoms with Crippen LogP contribution in [0.5, 0.6) is 0 Å². The van der Waals surface area contributed by atoms with Crippen LogP contribution >= 0.6 is 0 Å². The molecule has 0 radical (unpaired) electrons. The quantitative estimate of drug-likeness (QED) is 0.797. The van der Waals surface area contributed by atoms with Gasteiger partial charge in [-0.3, -0.25) is 9.88 Å². The predicted octanol–water partition coefficient (Wildman–Crippen LogP) is 1.53. The van der Waals surface area contributed by atoms with E-state index in [0.717, 1.165) is 6.54 Å². The lowest BCUT2D eigenvalue weighted by molar-refractivity contribution is 0.108. The van der Waals surface area contributed by atoms with Crippen molar-refractivity contribution in [1.29, 1.82) is 0 Å². The largest absolute Gasteiger partial charge is 0.395 e. The molecule has 1 rings (SSSR count). The van der Waals surface area contributed by atoms with E-state index in [1.54, 1.807) is 6.20 Å². The van der Waals surface area contributed by atoms with Crippen molar-refractivity contribution in [3.8, 4) is 0 Å². The van der Waals surface area contributed by atoms with Crippen molar-refractivity contribution in [2.24, 2.45) is 5.92 Å². The molecule has 15 heavy (non-hydrogen) atoms. The Morgan fingerprint density at radius 1 is 1.47 bits per heavy atom. The monoisotopic (exact) mass is 208 g/mol. The molecule has 0 saturated carbocycles. The number of pyridine rings is 1. The molecule has 0 unspecified atom stereocenters. The summed E-state index contributed by atoms with van der Waals surface area (Å²) in [6.45, 7) is 5.28. The summed E-state index contributed by atoms with van der Waals surface area (Å²) in [5.41, 5.74) is 1.18. The van der Waals surface area contributed by atoms with Gasteiger partial charge in [0.25, 0.3) is 0 Å². The van der Waals surface area contributed by atoms with Gasteiger partial charge in [0.05, 0.1) is 6.61 Å². The Bertz CT molecular complexity index is 274. The van der Waals surface area contributed by atoms with Crippen LogP contribution in [-0.2, 0) is 6.54 Å².